The molecule has 0 aliphatic rings. The number of carbonyl (C=O) groups excluding carboxylic acids is 1. The summed E-state index contributed by atoms with van der Waals surface area (Å²) in [6.07, 6.45) is 0. The van der Waals surface area contributed by atoms with Crippen molar-refractivity contribution >= 4 is 5.78 Å². The number of nitrogens with zero attached hydrogens (tertiary/aromatic N) is 1. The van der Waals surface area contributed by atoms with Gasteiger partial charge in [-0.05, 0) is 6.54 Å². The Kier molecular flexibility index (Phi) is 6.82. The first kappa shape index (κ1) is 12.6. The molecule has 0 aliphatic carbocycles. The highest BCUT2D eigenvalue weighted by Gasteiger charge is 2.11. The minimum absolute atomic E-state index is 0.136. The molecule has 78 valence electrons. The first-order valence-corrected chi connectivity index (χ1v) is 4.85. The van der Waals surface area contributed by atoms with E-state index in [0.29, 0.717) is 18.9 Å². The second-order valence-electron chi connectivity index (χ2n) is 3.48. The third-order valence-electron chi connectivity index (χ3n) is 2.08. The number of carbonyl (C=O) groups is 1. The topological polar surface area (TPSA) is 29.5 Å². The lowest BCUT2D eigenvalue weighted by molar-refractivity contribution is -0.123. The van der Waals surface area contributed by atoms with E-state index >= 15 is 0 Å². The number of hydrogen-bond acceptors (Lipinski definition) is 3. The summed E-state index contributed by atoms with van der Waals surface area (Å²) in [7, 11) is 1.68. The highest BCUT2D eigenvalue weighted by molar-refractivity contribution is 5.82. The molecule has 0 rings (SSSR count). The number of methoxy groups -OCH3 is 1. The summed E-state index contributed by atoms with van der Waals surface area (Å²) in [5, 5.41) is 0. The van der Waals surface area contributed by atoms with Crippen molar-refractivity contribution in [2.45, 2.75) is 20.8 Å². The lowest BCUT2D eigenvalue weighted by Gasteiger charge is -2.19. The number of likely N-dealkylation sites (N-methyl/N-ethyl adjacent to an activating group) is 1. The van der Waals surface area contributed by atoms with Gasteiger partial charge in [0, 0.05) is 19.6 Å². The minimum atomic E-state index is 0.136. The van der Waals surface area contributed by atoms with Gasteiger partial charge >= 0.3 is 0 Å². The van der Waals surface area contributed by atoms with Crippen LogP contribution in [0.3, 0.4) is 0 Å². The zero-order chi connectivity index (χ0) is 10.3. The lowest BCUT2D eigenvalue weighted by atomic mass is 10.1. The van der Waals surface area contributed by atoms with Crippen LogP contribution in [0.15, 0.2) is 0 Å². The Bertz CT molecular complexity index is 146. The zero-order valence-corrected chi connectivity index (χ0v) is 9.17. The van der Waals surface area contributed by atoms with E-state index in [1.54, 1.807) is 7.11 Å². The van der Waals surface area contributed by atoms with Gasteiger partial charge in [-0.15, -0.1) is 0 Å². The molecule has 0 aromatic carbocycles. The summed E-state index contributed by atoms with van der Waals surface area (Å²) in [6, 6.07) is 0. The predicted octanol–water partition coefficient (Wildman–Crippen LogP) is 1.18. The molecule has 3 nitrogen and oxygen atoms in total. The van der Waals surface area contributed by atoms with Crippen molar-refractivity contribution in [1.29, 1.82) is 0 Å². The Morgan fingerprint density at radius 3 is 2.46 bits per heavy atom. The Morgan fingerprint density at radius 1 is 1.46 bits per heavy atom. The van der Waals surface area contributed by atoms with Gasteiger partial charge in [-0.25, -0.2) is 0 Å². The van der Waals surface area contributed by atoms with E-state index in [0.717, 1.165) is 13.1 Å². The van der Waals surface area contributed by atoms with Crippen LogP contribution in [0, 0.1) is 5.92 Å². The highest BCUT2D eigenvalue weighted by atomic mass is 16.5. The molecule has 0 saturated carbocycles. The summed E-state index contributed by atoms with van der Waals surface area (Å²) >= 11 is 0. The van der Waals surface area contributed by atoms with Crippen LogP contribution in [0.5, 0.6) is 0 Å². The number of ether oxygens (including phenoxy) is 1. The van der Waals surface area contributed by atoms with Gasteiger partial charge in [0.1, 0.15) is 5.78 Å². The molecule has 0 aliphatic heterocycles. The largest absolute Gasteiger partial charge is 0.383 e. The molecule has 3 heteroatoms. The standard InChI is InChI=1S/C10H21NO2/c1-5-11(6-7-13-4)8-10(12)9(2)3/h9H,5-8H2,1-4H3. The van der Waals surface area contributed by atoms with E-state index < -0.39 is 0 Å². The molecule has 0 heterocycles. The van der Waals surface area contributed by atoms with E-state index in [2.05, 4.69) is 11.8 Å². The summed E-state index contributed by atoms with van der Waals surface area (Å²) in [4.78, 5) is 13.5. The van der Waals surface area contributed by atoms with Gasteiger partial charge in [0.15, 0.2) is 0 Å². The molecule has 0 N–H and O–H groups in total. The van der Waals surface area contributed by atoms with Crippen LogP contribution < -0.4 is 0 Å². The number of Topliss-reactive ketones (excluding diaryl/α,β-unsaturated/α-hetero) is 1. The number of ketones is 1. The Morgan fingerprint density at radius 2 is 2.08 bits per heavy atom. The smallest absolute Gasteiger partial charge is 0.149 e. The van der Waals surface area contributed by atoms with Crippen molar-refractivity contribution in [1.82, 2.24) is 4.90 Å². The maximum absolute atomic E-state index is 11.4. The zero-order valence-electron chi connectivity index (χ0n) is 9.17. The average molecular weight is 187 g/mol. The fourth-order valence-corrected chi connectivity index (χ4v) is 0.972. The number of rotatable bonds is 7. The predicted molar refractivity (Wildman–Crippen MR) is 53.8 cm³/mol. The highest BCUT2D eigenvalue weighted by Crippen LogP contribution is 1.97. The van der Waals surface area contributed by atoms with Crippen LogP contribution in [0.4, 0.5) is 0 Å². The average Bonchev–Trinajstić information content (AvgIpc) is 2.11. The van der Waals surface area contributed by atoms with E-state index in [-0.39, 0.29) is 5.92 Å². The molecular weight excluding hydrogens is 166 g/mol. The van der Waals surface area contributed by atoms with Crippen molar-refractivity contribution in [3.05, 3.63) is 0 Å². The second kappa shape index (κ2) is 7.04. The van der Waals surface area contributed by atoms with Gasteiger partial charge < -0.3 is 4.74 Å². The quantitative estimate of drug-likeness (QED) is 0.599. The van der Waals surface area contributed by atoms with Crippen LogP contribution in [0.25, 0.3) is 0 Å². The van der Waals surface area contributed by atoms with Crippen LogP contribution in [-0.4, -0.2) is 44.0 Å². The van der Waals surface area contributed by atoms with Crippen LogP contribution in [0.2, 0.25) is 0 Å². The van der Waals surface area contributed by atoms with Crippen LogP contribution in [0.1, 0.15) is 20.8 Å². The van der Waals surface area contributed by atoms with Crippen LogP contribution in [-0.2, 0) is 9.53 Å². The molecular formula is C10H21NO2. The van der Waals surface area contributed by atoms with E-state index in [9.17, 15) is 4.79 Å². The van der Waals surface area contributed by atoms with Crippen molar-refractivity contribution in [3.8, 4) is 0 Å². The van der Waals surface area contributed by atoms with E-state index in [1.165, 1.54) is 0 Å². The summed E-state index contributed by atoms with van der Waals surface area (Å²) in [6.45, 7) is 8.92. The third-order valence-corrected chi connectivity index (χ3v) is 2.08. The van der Waals surface area contributed by atoms with Crippen molar-refractivity contribution in [2.75, 3.05) is 33.4 Å². The maximum Gasteiger partial charge on any atom is 0.149 e. The molecule has 0 aromatic rings. The first-order valence-electron chi connectivity index (χ1n) is 4.85. The summed E-state index contributed by atoms with van der Waals surface area (Å²) < 4.78 is 4.96. The minimum Gasteiger partial charge on any atom is -0.383 e. The van der Waals surface area contributed by atoms with E-state index in [4.69, 9.17) is 4.74 Å². The second-order valence-corrected chi connectivity index (χ2v) is 3.48. The van der Waals surface area contributed by atoms with Crippen molar-refractivity contribution in [3.63, 3.8) is 0 Å². The summed E-state index contributed by atoms with van der Waals surface area (Å²) in [5.74, 6) is 0.439. The van der Waals surface area contributed by atoms with Gasteiger partial charge in [0.2, 0.25) is 0 Å². The maximum atomic E-state index is 11.4. The fraction of sp³-hybridized carbons (Fsp3) is 0.900. The Hall–Kier alpha value is -0.410. The van der Waals surface area contributed by atoms with Gasteiger partial charge in [0.05, 0.1) is 13.2 Å². The summed E-state index contributed by atoms with van der Waals surface area (Å²) in [5.41, 5.74) is 0. The molecule has 0 unspecified atom stereocenters. The molecule has 0 amide bonds. The monoisotopic (exact) mass is 187 g/mol. The molecule has 0 saturated heterocycles. The van der Waals surface area contributed by atoms with Gasteiger partial charge in [0.25, 0.3) is 0 Å². The fourth-order valence-electron chi connectivity index (χ4n) is 0.972. The Balaban J connectivity index is 3.76. The van der Waals surface area contributed by atoms with Crippen LogP contribution >= 0.6 is 0 Å². The van der Waals surface area contributed by atoms with Crippen molar-refractivity contribution < 1.29 is 9.53 Å². The first-order chi connectivity index (χ1) is 6.11. The van der Waals surface area contributed by atoms with Crippen molar-refractivity contribution in [2.24, 2.45) is 5.92 Å². The molecule has 0 fully saturated rings. The third kappa shape index (κ3) is 5.77. The van der Waals surface area contributed by atoms with Gasteiger partial charge in [-0.2, -0.15) is 0 Å². The normalized spacial score (nSPS) is 11.2. The number of hydrogen-bond donors (Lipinski definition) is 0. The Labute approximate surface area is 81.1 Å². The SMILES string of the molecule is CCN(CCOC)CC(=O)C(C)C. The molecule has 13 heavy (non-hydrogen) atoms. The molecule has 0 spiro atoms. The van der Waals surface area contributed by atoms with Gasteiger partial charge in [-0.1, -0.05) is 20.8 Å². The molecule has 0 aromatic heterocycles. The van der Waals surface area contributed by atoms with Gasteiger partial charge in [-0.3, -0.25) is 9.69 Å². The molecule has 0 atom stereocenters. The van der Waals surface area contributed by atoms with E-state index in [1.807, 2.05) is 13.8 Å². The molecule has 0 bridgehead atoms. The molecule has 0 radical (unpaired) electrons. The lowest BCUT2D eigenvalue weighted by Crippen LogP contribution is -2.34.